The number of phenolic OH excluding ortho intramolecular Hbond substituents is 1. The number of benzene rings is 1. The second kappa shape index (κ2) is 6.04. The number of rotatable bonds is 4. The molecule has 2 rings (SSSR count). The molecule has 18 heavy (non-hydrogen) atoms. The van der Waals surface area contributed by atoms with E-state index in [1.165, 1.54) is 0 Å². The van der Waals surface area contributed by atoms with Gasteiger partial charge < -0.3 is 15.9 Å². The van der Waals surface area contributed by atoms with Crippen molar-refractivity contribution >= 4 is 5.69 Å². The quantitative estimate of drug-likeness (QED) is 0.522. The highest BCUT2D eigenvalue weighted by Gasteiger charge is 2.16. The number of anilines is 1. The Morgan fingerprint density at radius 3 is 2.39 bits per heavy atom. The minimum absolute atomic E-state index is 0.145. The van der Waals surface area contributed by atoms with Gasteiger partial charge in [0.1, 0.15) is 5.75 Å². The number of aromatic hydroxyl groups is 1. The first kappa shape index (κ1) is 13.1. The SMILES string of the molecule is Nc1cc(CN2CCN(CCO)CC2)ccc1O. The number of β-amino-alcohol motifs (C(OH)–C–C–N with tert-alkyl or cyclic N) is 1. The fraction of sp³-hybridized carbons (Fsp3) is 0.538. The van der Waals surface area contributed by atoms with E-state index in [0.717, 1.165) is 44.8 Å². The molecule has 0 atom stereocenters. The first-order valence-corrected chi connectivity index (χ1v) is 6.32. The normalized spacial score (nSPS) is 18.1. The van der Waals surface area contributed by atoms with E-state index in [1.54, 1.807) is 6.07 Å². The van der Waals surface area contributed by atoms with Gasteiger partial charge in [0.05, 0.1) is 12.3 Å². The molecule has 1 aromatic carbocycles. The summed E-state index contributed by atoms with van der Waals surface area (Å²) in [6.07, 6.45) is 0. The molecular weight excluding hydrogens is 230 g/mol. The molecule has 0 unspecified atom stereocenters. The summed E-state index contributed by atoms with van der Waals surface area (Å²) in [6, 6.07) is 5.38. The van der Waals surface area contributed by atoms with Gasteiger partial charge >= 0.3 is 0 Å². The first-order chi connectivity index (χ1) is 8.69. The average molecular weight is 251 g/mol. The summed E-state index contributed by atoms with van der Waals surface area (Å²) < 4.78 is 0. The lowest BCUT2D eigenvalue weighted by atomic mass is 10.1. The van der Waals surface area contributed by atoms with Crippen molar-refractivity contribution in [2.45, 2.75) is 6.54 Å². The zero-order chi connectivity index (χ0) is 13.0. The third-order valence-electron chi connectivity index (χ3n) is 3.38. The van der Waals surface area contributed by atoms with Crippen LogP contribution >= 0.6 is 0 Å². The van der Waals surface area contributed by atoms with E-state index in [4.69, 9.17) is 10.8 Å². The summed E-state index contributed by atoms with van der Waals surface area (Å²) in [7, 11) is 0. The van der Waals surface area contributed by atoms with Gasteiger partial charge in [-0.15, -0.1) is 0 Å². The van der Waals surface area contributed by atoms with E-state index in [9.17, 15) is 5.11 Å². The molecular formula is C13H21N3O2. The minimum Gasteiger partial charge on any atom is -0.506 e. The molecule has 1 aliphatic rings. The van der Waals surface area contributed by atoms with Gasteiger partial charge in [-0.2, -0.15) is 0 Å². The molecule has 0 spiro atoms. The molecule has 0 aromatic heterocycles. The molecule has 1 saturated heterocycles. The monoisotopic (exact) mass is 251 g/mol. The smallest absolute Gasteiger partial charge is 0.138 e. The van der Waals surface area contributed by atoms with Crippen LogP contribution in [0.15, 0.2) is 18.2 Å². The maximum absolute atomic E-state index is 9.37. The first-order valence-electron chi connectivity index (χ1n) is 6.32. The van der Waals surface area contributed by atoms with Crippen molar-refractivity contribution in [1.29, 1.82) is 0 Å². The second-order valence-corrected chi connectivity index (χ2v) is 4.73. The summed E-state index contributed by atoms with van der Waals surface area (Å²) in [4.78, 5) is 4.63. The fourth-order valence-electron chi connectivity index (χ4n) is 2.27. The van der Waals surface area contributed by atoms with Gasteiger partial charge in [0.2, 0.25) is 0 Å². The molecule has 1 aromatic rings. The summed E-state index contributed by atoms with van der Waals surface area (Å²) in [5.41, 5.74) is 7.25. The van der Waals surface area contributed by atoms with Crippen molar-refractivity contribution in [2.75, 3.05) is 45.1 Å². The Kier molecular flexibility index (Phi) is 4.41. The average Bonchev–Trinajstić information content (AvgIpc) is 2.37. The Morgan fingerprint density at radius 2 is 1.78 bits per heavy atom. The van der Waals surface area contributed by atoms with Gasteiger partial charge in [-0.05, 0) is 17.7 Å². The zero-order valence-corrected chi connectivity index (χ0v) is 10.5. The lowest BCUT2D eigenvalue weighted by molar-refractivity contribution is 0.108. The third-order valence-corrected chi connectivity index (χ3v) is 3.38. The fourth-order valence-corrected chi connectivity index (χ4v) is 2.27. The zero-order valence-electron chi connectivity index (χ0n) is 10.5. The second-order valence-electron chi connectivity index (χ2n) is 4.73. The van der Waals surface area contributed by atoms with Crippen LogP contribution in [0.5, 0.6) is 5.75 Å². The van der Waals surface area contributed by atoms with E-state index in [0.29, 0.717) is 5.69 Å². The number of hydrogen-bond donors (Lipinski definition) is 3. The van der Waals surface area contributed by atoms with Gasteiger partial charge in [0, 0.05) is 39.3 Å². The van der Waals surface area contributed by atoms with Crippen LogP contribution in [-0.2, 0) is 6.54 Å². The molecule has 5 nitrogen and oxygen atoms in total. The number of aliphatic hydroxyl groups excluding tert-OH is 1. The Hall–Kier alpha value is -1.30. The summed E-state index contributed by atoms with van der Waals surface area (Å²) in [5.74, 6) is 0.145. The van der Waals surface area contributed by atoms with E-state index >= 15 is 0 Å². The van der Waals surface area contributed by atoms with Gasteiger partial charge in [-0.25, -0.2) is 0 Å². The topological polar surface area (TPSA) is 73.0 Å². The predicted molar refractivity (Wildman–Crippen MR) is 71.3 cm³/mol. The highest BCUT2D eigenvalue weighted by atomic mass is 16.3. The number of nitrogen functional groups attached to an aromatic ring is 1. The van der Waals surface area contributed by atoms with Gasteiger partial charge in [0.15, 0.2) is 0 Å². The standard InChI is InChI=1S/C13H21N3O2/c14-12-9-11(1-2-13(12)18)10-16-5-3-15(4-6-16)7-8-17/h1-2,9,17-18H,3-8,10,14H2. The number of hydrogen-bond acceptors (Lipinski definition) is 5. The van der Waals surface area contributed by atoms with Crippen molar-refractivity contribution in [3.8, 4) is 5.75 Å². The molecule has 4 N–H and O–H groups in total. The number of aliphatic hydroxyl groups is 1. The number of nitrogens with two attached hydrogens (primary N) is 1. The molecule has 1 fully saturated rings. The molecule has 0 bridgehead atoms. The molecule has 0 radical (unpaired) electrons. The van der Waals surface area contributed by atoms with Crippen molar-refractivity contribution < 1.29 is 10.2 Å². The van der Waals surface area contributed by atoms with E-state index in [-0.39, 0.29) is 12.4 Å². The van der Waals surface area contributed by atoms with Crippen LogP contribution in [0.1, 0.15) is 5.56 Å². The predicted octanol–water partition coefficient (Wildman–Crippen LogP) is 0.0843. The Balaban J connectivity index is 1.85. The third kappa shape index (κ3) is 3.35. The molecule has 1 aliphatic heterocycles. The maximum Gasteiger partial charge on any atom is 0.138 e. The van der Waals surface area contributed by atoms with Gasteiger partial charge in [-0.3, -0.25) is 9.80 Å². The van der Waals surface area contributed by atoms with Crippen LogP contribution in [0, 0.1) is 0 Å². The number of phenols is 1. The highest BCUT2D eigenvalue weighted by Crippen LogP contribution is 2.21. The van der Waals surface area contributed by atoms with Crippen LogP contribution in [0.4, 0.5) is 5.69 Å². The minimum atomic E-state index is 0.145. The van der Waals surface area contributed by atoms with Crippen molar-refractivity contribution in [3.63, 3.8) is 0 Å². The van der Waals surface area contributed by atoms with Gasteiger partial charge in [-0.1, -0.05) is 6.07 Å². The summed E-state index contributed by atoms with van der Waals surface area (Å²) in [6.45, 7) is 5.84. The maximum atomic E-state index is 9.37. The lowest BCUT2D eigenvalue weighted by Crippen LogP contribution is -2.46. The van der Waals surface area contributed by atoms with Crippen LogP contribution in [0.25, 0.3) is 0 Å². The number of piperazine rings is 1. The van der Waals surface area contributed by atoms with E-state index in [2.05, 4.69) is 9.80 Å². The van der Waals surface area contributed by atoms with Crippen molar-refractivity contribution in [2.24, 2.45) is 0 Å². The molecule has 0 amide bonds. The number of nitrogens with zero attached hydrogens (tertiary/aromatic N) is 2. The van der Waals surface area contributed by atoms with Crippen LogP contribution in [0.2, 0.25) is 0 Å². The molecule has 1 heterocycles. The molecule has 0 aliphatic carbocycles. The summed E-state index contributed by atoms with van der Waals surface area (Å²) in [5, 5.41) is 18.3. The molecule has 0 saturated carbocycles. The highest BCUT2D eigenvalue weighted by molar-refractivity contribution is 5.53. The van der Waals surface area contributed by atoms with Gasteiger partial charge in [0.25, 0.3) is 0 Å². The van der Waals surface area contributed by atoms with Crippen LogP contribution < -0.4 is 5.73 Å². The summed E-state index contributed by atoms with van der Waals surface area (Å²) >= 11 is 0. The van der Waals surface area contributed by atoms with E-state index < -0.39 is 0 Å². The van der Waals surface area contributed by atoms with Crippen molar-refractivity contribution in [3.05, 3.63) is 23.8 Å². The van der Waals surface area contributed by atoms with Crippen molar-refractivity contribution in [1.82, 2.24) is 9.80 Å². The van der Waals surface area contributed by atoms with E-state index in [1.807, 2.05) is 12.1 Å². The Labute approximate surface area is 107 Å². The van der Waals surface area contributed by atoms with Crippen LogP contribution in [-0.4, -0.2) is 59.3 Å². The molecule has 100 valence electrons. The Morgan fingerprint density at radius 1 is 1.11 bits per heavy atom. The largest absolute Gasteiger partial charge is 0.506 e. The van der Waals surface area contributed by atoms with Crippen LogP contribution in [0.3, 0.4) is 0 Å². The lowest BCUT2D eigenvalue weighted by Gasteiger charge is -2.34. The Bertz CT molecular complexity index is 390. The molecule has 5 heteroatoms.